The summed E-state index contributed by atoms with van der Waals surface area (Å²) in [5, 5.41) is 9.97. The number of nitrogens with zero attached hydrogens (tertiary/aromatic N) is 2. The van der Waals surface area contributed by atoms with E-state index in [4.69, 9.17) is 0 Å². The number of aliphatic imine (C=N–C) groups is 1. The van der Waals surface area contributed by atoms with Crippen LogP contribution in [0, 0.1) is 0 Å². The molecule has 2 N–H and O–H groups in total. The molecule has 4 nitrogen and oxygen atoms in total. The Hall–Kier alpha value is -0.750. The molecular formula is C13H24N4S2. The first-order valence-electron chi connectivity index (χ1n) is 6.74. The summed E-state index contributed by atoms with van der Waals surface area (Å²) in [5.74, 6) is 1.96. The molecule has 0 aliphatic rings. The molecule has 0 amide bonds. The van der Waals surface area contributed by atoms with Gasteiger partial charge in [-0.05, 0) is 19.6 Å². The fourth-order valence-corrected chi connectivity index (χ4v) is 2.58. The third-order valence-electron chi connectivity index (χ3n) is 2.48. The van der Waals surface area contributed by atoms with Gasteiger partial charge in [0.05, 0.1) is 17.2 Å². The van der Waals surface area contributed by atoms with Crippen LogP contribution in [0.2, 0.25) is 0 Å². The predicted octanol–water partition coefficient (Wildman–Crippen LogP) is 2.17. The van der Waals surface area contributed by atoms with E-state index in [-0.39, 0.29) is 0 Å². The minimum Gasteiger partial charge on any atom is -0.357 e. The summed E-state index contributed by atoms with van der Waals surface area (Å²) in [4.78, 5) is 9.07. The molecular weight excluding hydrogens is 276 g/mol. The SMILES string of the molecule is CCNC(=NCCSC)NCCc1csc(CC)n1. The van der Waals surface area contributed by atoms with Gasteiger partial charge < -0.3 is 10.6 Å². The lowest BCUT2D eigenvalue weighted by molar-refractivity contribution is 0.792. The second kappa shape index (κ2) is 10.1. The van der Waals surface area contributed by atoms with Gasteiger partial charge in [0.1, 0.15) is 0 Å². The molecule has 0 aromatic carbocycles. The Morgan fingerprint density at radius 1 is 1.42 bits per heavy atom. The fraction of sp³-hybridized carbons (Fsp3) is 0.692. The number of hydrogen-bond donors (Lipinski definition) is 2. The number of thioether (sulfide) groups is 1. The molecule has 0 fully saturated rings. The van der Waals surface area contributed by atoms with Gasteiger partial charge in [-0.3, -0.25) is 4.99 Å². The topological polar surface area (TPSA) is 49.3 Å². The Morgan fingerprint density at radius 2 is 2.26 bits per heavy atom. The number of guanidine groups is 1. The smallest absolute Gasteiger partial charge is 0.191 e. The zero-order chi connectivity index (χ0) is 13.9. The molecule has 108 valence electrons. The maximum Gasteiger partial charge on any atom is 0.191 e. The Kier molecular flexibility index (Phi) is 8.66. The van der Waals surface area contributed by atoms with E-state index in [2.05, 4.69) is 46.1 Å². The number of aromatic nitrogens is 1. The minimum atomic E-state index is 0.854. The van der Waals surface area contributed by atoms with Gasteiger partial charge in [-0.25, -0.2) is 4.98 Å². The van der Waals surface area contributed by atoms with Crippen molar-refractivity contribution in [2.75, 3.05) is 31.6 Å². The minimum absolute atomic E-state index is 0.854. The summed E-state index contributed by atoms with van der Waals surface area (Å²) >= 11 is 3.56. The molecule has 0 aliphatic heterocycles. The lowest BCUT2D eigenvalue weighted by atomic mass is 10.3. The third-order valence-corrected chi connectivity index (χ3v) is 4.12. The monoisotopic (exact) mass is 300 g/mol. The van der Waals surface area contributed by atoms with E-state index < -0.39 is 0 Å². The van der Waals surface area contributed by atoms with Gasteiger partial charge in [-0.2, -0.15) is 11.8 Å². The van der Waals surface area contributed by atoms with Crippen molar-refractivity contribution >= 4 is 29.1 Å². The van der Waals surface area contributed by atoms with Crippen molar-refractivity contribution in [1.29, 1.82) is 0 Å². The molecule has 0 saturated heterocycles. The van der Waals surface area contributed by atoms with Crippen molar-refractivity contribution in [3.05, 3.63) is 16.1 Å². The van der Waals surface area contributed by atoms with Crippen molar-refractivity contribution in [2.24, 2.45) is 4.99 Å². The standard InChI is InChI=1S/C13H24N4S2/c1-4-12-17-11(10-19-12)6-7-15-13(14-5-2)16-8-9-18-3/h10H,4-9H2,1-3H3,(H2,14,15,16). The van der Waals surface area contributed by atoms with E-state index >= 15 is 0 Å². The van der Waals surface area contributed by atoms with Crippen LogP contribution in [0.25, 0.3) is 0 Å². The molecule has 0 unspecified atom stereocenters. The highest BCUT2D eigenvalue weighted by Crippen LogP contribution is 2.10. The van der Waals surface area contributed by atoms with Crippen LogP contribution in [-0.4, -0.2) is 42.6 Å². The maximum absolute atomic E-state index is 4.56. The van der Waals surface area contributed by atoms with Crippen LogP contribution in [-0.2, 0) is 12.8 Å². The number of hydrogen-bond acceptors (Lipinski definition) is 4. The average Bonchev–Trinajstić information content (AvgIpc) is 2.87. The molecule has 0 radical (unpaired) electrons. The van der Waals surface area contributed by atoms with E-state index in [1.807, 2.05) is 11.8 Å². The van der Waals surface area contributed by atoms with Crippen molar-refractivity contribution in [1.82, 2.24) is 15.6 Å². The van der Waals surface area contributed by atoms with E-state index in [1.165, 1.54) is 10.7 Å². The van der Waals surface area contributed by atoms with Crippen LogP contribution in [0.4, 0.5) is 0 Å². The largest absolute Gasteiger partial charge is 0.357 e. The van der Waals surface area contributed by atoms with Gasteiger partial charge in [-0.1, -0.05) is 6.92 Å². The molecule has 1 heterocycles. The number of thiazole rings is 1. The van der Waals surface area contributed by atoms with Crippen LogP contribution >= 0.6 is 23.1 Å². The first kappa shape index (κ1) is 16.3. The van der Waals surface area contributed by atoms with Crippen molar-refractivity contribution < 1.29 is 0 Å². The molecule has 1 aromatic rings. The summed E-state index contributed by atoms with van der Waals surface area (Å²) in [6.07, 6.45) is 4.07. The van der Waals surface area contributed by atoms with Crippen LogP contribution in [0.5, 0.6) is 0 Å². The van der Waals surface area contributed by atoms with Crippen LogP contribution < -0.4 is 10.6 Å². The average molecular weight is 300 g/mol. The molecule has 6 heteroatoms. The Labute approximate surface area is 124 Å². The molecule has 1 aromatic heterocycles. The summed E-state index contributed by atoms with van der Waals surface area (Å²) in [6.45, 7) is 6.84. The summed E-state index contributed by atoms with van der Waals surface area (Å²) in [5.41, 5.74) is 1.18. The first-order chi connectivity index (χ1) is 9.30. The Morgan fingerprint density at radius 3 is 2.89 bits per heavy atom. The Bertz CT molecular complexity index is 376. The highest BCUT2D eigenvalue weighted by molar-refractivity contribution is 7.98. The van der Waals surface area contributed by atoms with E-state index in [0.29, 0.717) is 0 Å². The fourth-order valence-electron chi connectivity index (χ4n) is 1.53. The number of nitrogens with one attached hydrogen (secondary N) is 2. The van der Waals surface area contributed by atoms with Gasteiger partial charge in [0.15, 0.2) is 5.96 Å². The molecule has 1 rings (SSSR count). The van der Waals surface area contributed by atoms with Crippen molar-refractivity contribution in [3.63, 3.8) is 0 Å². The third kappa shape index (κ3) is 6.82. The lowest BCUT2D eigenvalue weighted by Crippen LogP contribution is -2.38. The van der Waals surface area contributed by atoms with Gasteiger partial charge in [0.25, 0.3) is 0 Å². The molecule has 0 aliphatic carbocycles. The van der Waals surface area contributed by atoms with E-state index in [1.54, 1.807) is 11.3 Å². The zero-order valence-electron chi connectivity index (χ0n) is 12.0. The van der Waals surface area contributed by atoms with Gasteiger partial charge in [-0.15, -0.1) is 11.3 Å². The van der Waals surface area contributed by atoms with Gasteiger partial charge in [0, 0.05) is 30.6 Å². The zero-order valence-corrected chi connectivity index (χ0v) is 13.7. The van der Waals surface area contributed by atoms with Gasteiger partial charge in [0.2, 0.25) is 0 Å². The molecule has 19 heavy (non-hydrogen) atoms. The summed E-state index contributed by atoms with van der Waals surface area (Å²) < 4.78 is 0. The molecule has 0 spiro atoms. The molecule has 0 bridgehead atoms. The number of rotatable bonds is 8. The van der Waals surface area contributed by atoms with Crippen LogP contribution in [0.3, 0.4) is 0 Å². The highest BCUT2D eigenvalue weighted by Gasteiger charge is 2.01. The van der Waals surface area contributed by atoms with E-state index in [0.717, 1.165) is 44.2 Å². The van der Waals surface area contributed by atoms with Crippen molar-refractivity contribution in [2.45, 2.75) is 26.7 Å². The summed E-state index contributed by atoms with van der Waals surface area (Å²) in [7, 11) is 0. The van der Waals surface area contributed by atoms with Crippen LogP contribution in [0.15, 0.2) is 10.4 Å². The number of aryl methyl sites for hydroxylation is 1. The second-order valence-electron chi connectivity index (χ2n) is 4.02. The maximum atomic E-state index is 4.56. The predicted molar refractivity (Wildman–Crippen MR) is 87.6 cm³/mol. The first-order valence-corrected chi connectivity index (χ1v) is 9.01. The normalized spacial score (nSPS) is 11.6. The van der Waals surface area contributed by atoms with Gasteiger partial charge >= 0.3 is 0 Å². The quantitative estimate of drug-likeness (QED) is 0.439. The molecule has 0 atom stereocenters. The van der Waals surface area contributed by atoms with E-state index in [9.17, 15) is 0 Å². The highest BCUT2D eigenvalue weighted by atomic mass is 32.2. The summed E-state index contributed by atoms with van der Waals surface area (Å²) in [6, 6.07) is 0. The molecule has 0 saturated carbocycles. The lowest BCUT2D eigenvalue weighted by Gasteiger charge is -2.10. The van der Waals surface area contributed by atoms with Crippen LogP contribution in [0.1, 0.15) is 24.5 Å². The second-order valence-corrected chi connectivity index (χ2v) is 5.94. The van der Waals surface area contributed by atoms with Crippen molar-refractivity contribution in [3.8, 4) is 0 Å². The Balaban J connectivity index is 2.32.